The maximum absolute atomic E-state index is 13.2. The molecule has 0 aromatic heterocycles. The van der Waals surface area contributed by atoms with Crippen LogP contribution >= 0.6 is 0 Å². The number of hydrogen-bond donors (Lipinski definition) is 0. The third kappa shape index (κ3) is 4.16. The molecule has 0 N–H and O–H groups in total. The zero-order chi connectivity index (χ0) is 21.3. The number of hydrogen-bond acceptors (Lipinski definition) is 4. The molecule has 3 rings (SSSR count). The molecule has 0 bridgehead atoms. The van der Waals surface area contributed by atoms with E-state index < -0.39 is 16.1 Å². The van der Waals surface area contributed by atoms with Gasteiger partial charge < -0.3 is 9.64 Å². The van der Waals surface area contributed by atoms with Crippen LogP contribution in [0, 0.1) is 13.8 Å². The molecular weight excluding hydrogens is 388 g/mol. The first kappa shape index (κ1) is 21.3. The van der Waals surface area contributed by atoms with Crippen LogP contribution in [0.3, 0.4) is 0 Å². The molecule has 0 saturated carbocycles. The predicted molar refractivity (Wildman–Crippen MR) is 114 cm³/mol. The van der Waals surface area contributed by atoms with Crippen LogP contribution in [-0.2, 0) is 21.2 Å². The lowest BCUT2D eigenvalue weighted by Gasteiger charge is -2.25. The van der Waals surface area contributed by atoms with Crippen molar-refractivity contribution in [2.75, 3.05) is 25.5 Å². The average Bonchev–Trinajstić information content (AvgIpc) is 3.11. The molecule has 0 aliphatic carbocycles. The number of rotatable bonds is 6. The van der Waals surface area contributed by atoms with E-state index in [0.29, 0.717) is 19.4 Å². The van der Waals surface area contributed by atoms with Gasteiger partial charge in [-0.25, -0.2) is 12.7 Å². The second-order valence-electron chi connectivity index (χ2n) is 7.60. The number of amides is 1. The van der Waals surface area contributed by atoms with Crippen molar-refractivity contribution in [3.05, 3.63) is 53.1 Å². The molecule has 0 unspecified atom stereocenters. The molecule has 6 nitrogen and oxygen atoms in total. The molecule has 1 aliphatic heterocycles. The van der Waals surface area contributed by atoms with Gasteiger partial charge >= 0.3 is 0 Å². The Kier molecular flexibility index (Phi) is 6.00. The van der Waals surface area contributed by atoms with Crippen molar-refractivity contribution >= 4 is 21.6 Å². The second-order valence-corrected chi connectivity index (χ2v) is 9.75. The zero-order valence-corrected chi connectivity index (χ0v) is 18.4. The third-order valence-electron chi connectivity index (χ3n) is 5.25. The standard InChI is InChI=1S/C22H28N2O4S/c1-6-20(28-21-13-15(2)7-8-16(21)3)22(25)24-12-11-17-14-18(9-10-19(17)24)29(26,27)23(4)5/h7-10,13-14,20H,6,11-12H2,1-5H3/t20-/m0/s1. The first-order valence-corrected chi connectivity index (χ1v) is 11.2. The highest BCUT2D eigenvalue weighted by Crippen LogP contribution is 2.32. The fourth-order valence-corrected chi connectivity index (χ4v) is 4.40. The smallest absolute Gasteiger partial charge is 0.268 e. The summed E-state index contributed by atoms with van der Waals surface area (Å²) in [6, 6.07) is 10.9. The second kappa shape index (κ2) is 8.16. The van der Waals surface area contributed by atoms with Crippen LogP contribution in [0.25, 0.3) is 0 Å². The molecule has 0 spiro atoms. The molecule has 0 saturated heterocycles. The third-order valence-corrected chi connectivity index (χ3v) is 7.06. The van der Waals surface area contributed by atoms with Gasteiger partial charge in [-0.3, -0.25) is 4.79 Å². The Hall–Kier alpha value is -2.38. The van der Waals surface area contributed by atoms with Gasteiger partial charge in [-0.1, -0.05) is 19.1 Å². The summed E-state index contributed by atoms with van der Waals surface area (Å²) in [5.41, 5.74) is 3.69. The lowest BCUT2D eigenvalue weighted by Crippen LogP contribution is -2.41. The Morgan fingerprint density at radius 2 is 1.90 bits per heavy atom. The summed E-state index contributed by atoms with van der Waals surface area (Å²) < 4.78 is 32.1. The van der Waals surface area contributed by atoms with Gasteiger partial charge in [0.25, 0.3) is 5.91 Å². The maximum Gasteiger partial charge on any atom is 0.268 e. The summed E-state index contributed by atoms with van der Waals surface area (Å²) in [6.45, 7) is 6.40. The summed E-state index contributed by atoms with van der Waals surface area (Å²) in [4.78, 5) is 15.2. The number of sulfonamides is 1. The van der Waals surface area contributed by atoms with Crippen LogP contribution < -0.4 is 9.64 Å². The van der Waals surface area contributed by atoms with E-state index in [1.807, 2.05) is 39.0 Å². The van der Waals surface area contributed by atoms with Crippen LogP contribution in [0.2, 0.25) is 0 Å². The lowest BCUT2D eigenvalue weighted by molar-refractivity contribution is -0.125. The van der Waals surface area contributed by atoms with E-state index in [4.69, 9.17) is 4.74 Å². The molecule has 0 radical (unpaired) electrons. The minimum Gasteiger partial charge on any atom is -0.480 e. The molecule has 2 aromatic carbocycles. The SMILES string of the molecule is CC[C@H](Oc1cc(C)ccc1C)C(=O)N1CCc2cc(S(=O)(=O)N(C)C)ccc21. The lowest BCUT2D eigenvalue weighted by atomic mass is 10.1. The fourth-order valence-electron chi connectivity index (χ4n) is 3.45. The Bertz CT molecular complexity index is 1030. The van der Waals surface area contributed by atoms with Gasteiger partial charge in [-0.15, -0.1) is 0 Å². The Labute approximate surface area is 173 Å². The Morgan fingerprint density at radius 3 is 2.55 bits per heavy atom. The van der Waals surface area contributed by atoms with Crippen molar-refractivity contribution in [2.45, 2.75) is 44.6 Å². The average molecular weight is 417 g/mol. The van der Waals surface area contributed by atoms with Crippen LogP contribution in [0.15, 0.2) is 41.3 Å². The highest BCUT2D eigenvalue weighted by molar-refractivity contribution is 7.89. The van der Waals surface area contributed by atoms with Gasteiger partial charge in [0.15, 0.2) is 6.10 Å². The van der Waals surface area contributed by atoms with E-state index >= 15 is 0 Å². The molecule has 156 valence electrons. The van der Waals surface area contributed by atoms with Gasteiger partial charge in [-0.2, -0.15) is 0 Å². The van der Waals surface area contributed by atoms with Gasteiger partial charge in [0.05, 0.1) is 4.90 Å². The van der Waals surface area contributed by atoms with Gasteiger partial charge in [0.1, 0.15) is 5.75 Å². The Morgan fingerprint density at radius 1 is 1.17 bits per heavy atom. The minimum absolute atomic E-state index is 0.102. The maximum atomic E-state index is 13.2. The van der Waals surface area contributed by atoms with Crippen molar-refractivity contribution in [1.29, 1.82) is 0 Å². The monoisotopic (exact) mass is 416 g/mol. The number of carbonyl (C=O) groups is 1. The van der Waals surface area contributed by atoms with Crippen LogP contribution in [0.1, 0.15) is 30.0 Å². The summed E-state index contributed by atoms with van der Waals surface area (Å²) in [5, 5.41) is 0. The molecule has 1 aliphatic rings. The molecular formula is C22H28N2O4S. The normalized spacial score (nSPS) is 14.8. The highest BCUT2D eigenvalue weighted by atomic mass is 32.2. The Balaban J connectivity index is 1.85. The number of anilines is 1. The largest absolute Gasteiger partial charge is 0.480 e. The molecule has 7 heteroatoms. The van der Waals surface area contributed by atoms with Crippen LogP contribution in [0.4, 0.5) is 5.69 Å². The first-order chi connectivity index (χ1) is 13.6. The van der Waals surface area contributed by atoms with Crippen molar-refractivity contribution in [1.82, 2.24) is 4.31 Å². The molecule has 1 heterocycles. The van der Waals surface area contributed by atoms with E-state index in [1.165, 1.54) is 18.4 Å². The number of nitrogens with zero attached hydrogens (tertiary/aromatic N) is 2. The molecule has 2 aromatic rings. The highest BCUT2D eigenvalue weighted by Gasteiger charge is 2.32. The van der Waals surface area contributed by atoms with Crippen molar-refractivity contribution in [3.8, 4) is 5.75 Å². The summed E-state index contributed by atoms with van der Waals surface area (Å²) in [7, 11) is -0.484. The number of ether oxygens (including phenoxy) is 1. The summed E-state index contributed by atoms with van der Waals surface area (Å²) in [5.74, 6) is 0.618. The van der Waals surface area contributed by atoms with Crippen molar-refractivity contribution < 1.29 is 17.9 Å². The molecule has 1 amide bonds. The quantitative estimate of drug-likeness (QED) is 0.725. The van der Waals surface area contributed by atoms with Gasteiger partial charge in [0.2, 0.25) is 10.0 Å². The first-order valence-electron chi connectivity index (χ1n) is 9.76. The topological polar surface area (TPSA) is 66.9 Å². The number of benzene rings is 2. The molecule has 29 heavy (non-hydrogen) atoms. The molecule has 0 fully saturated rings. The number of carbonyl (C=O) groups excluding carboxylic acids is 1. The summed E-state index contributed by atoms with van der Waals surface area (Å²) in [6.07, 6.45) is 0.578. The van der Waals surface area contributed by atoms with E-state index in [1.54, 1.807) is 23.1 Å². The van der Waals surface area contributed by atoms with E-state index in [2.05, 4.69) is 0 Å². The fraction of sp³-hybridized carbons (Fsp3) is 0.409. The van der Waals surface area contributed by atoms with E-state index in [-0.39, 0.29) is 10.8 Å². The number of fused-ring (bicyclic) bond motifs is 1. The van der Waals surface area contributed by atoms with E-state index in [9.17, 15) is 13.2 Å². The van der Waals surface area contributed by atoms with Crippen molar-refractivity contribution in [2.24, 2.45) is 0 Å². The van der Waals surface area contributed by atoms with Crippen LogP contribution in [0.5, 0.6) is 5.75 Å². The van der Waals surface area contributed by atoms with E-state index in [0.717, 1.165) is 28.1 Å². The minimum atomic E-state index is -3.50. The van der Waals surface area contributed by atoms with Gasteiger partial charge in [0, 0.05) is 26.3 Å². The van der Waals surface area contributed by atoms with Gasteiger partial charge in [-0.05, 0) is 67.6 Å². The number of aryl methyl sites for hydroxylation is 2. The van der Waals surface area contributed by atoms with Crippen molar-refractivity contribution in [3.63, 3.8) is 0 Å². The predicted octanol–water partition coefficient (Wildman–Crippen LogP) is 3.30. The summed E-state index contributed by atoms with van der Waals surface area (Å²) >= 11 is 0. The van der Waals surface area contributed by atoms with Crippen LogP contribution in [-0.4, -0.2) is 45.4 Å². The molecule has 1 atom stereocenters. The zero-order valence-electron chi connectivity index (χ0n) is 17.6.